The molecule has 0 atom stereocenters. The average Bonchev–Trinajstić information content (AvgIpc) is 2.66. The summed E-state index contributed by atoms with van der Waals surface area (Å²) in [6.45, 7) is 15.4. The van der Waals surface area contributed by atoms with E-state index in [1.807, 2.05) is 41.5 Å². The molecular weight excluding hydrogens is 400 g/mol. The van der Waals surface area contributed by atoms with E-state index in [9.17, 15) is 9.59 Å². The second kappa shape index (κ2) is 17.7. The van der Waals surface area contributed by atoms with E-state index in [1.54, 1.807) is 0 Å². The van der Waals surface area contributed by atoms with E-state index in [4.69, 9.17) is 23.7 Å². The quantitative estimate of drug-likeness (QED) is 0.260. The van der Waals surface area contributed by atoms with Gasteiger partial charge in [0.2, 0.25) is 0 Å². The van der Waals surface area contributed by atoms with Crippen LogP contribution in [0, 0.1) is 0 Å². The molecule has 0 aromatic rings. The summed E-state index contributed by atoms with van der Waals surface area (Å²) in [6.07, 6.45) is 4.41. The van der Waals surface area contributed by atoms with E-state index in [2.05, 4.69) is 0 Å². The van der Waals surface area contributed by atoms with Crippen molar-refractivity contribution in [1.82, 2.24) is 0 Å². The molecule has 0 saturated heterocycles. The van der Waals surface area contributed by atoms with Gasteiger partial charge in [-0.15, -0.1) is 0 Å². The Morgan fingerprint density at radius 2 is 0.839 bits per heavy atom. The molecule has 31 heavy (non-hydrogen) atoms. The molecule has 7 nitrogen and oxygen atoms in total. The van der Waals surface area contributed by atoms with Crippen LogP contribution in [-0.2, 0) is 33.3 Å². The van der Waals surface area contributed by atoms with Gasteiger partial charge in [0.05, 0.1) is 37.6 Å². The van der Waals surface area contributed by atoms with Crippen molar-refractivity contribution in [3.63, 3.8) is 0 Å². The Morgan fingerprint density at radius 3 is 1.16 bits per heavy atom. The van der Waals surface area contributed by atoms with E-state index in [1.165, 1.54) is 0 Å². The molecule has 0 unspecified atom stereocenters. The number of ether oxygens (including phenoxy) is 5. The van der Waals surface area contributed by atoms with E-state index >= 15 is 0 Å². The maximum atomic E-state index is 11.7. The summed E-state index contributed by atoms with van der Waals surface area (Å²) in [5, 5.41) is 0. The van der Waals surface area contributed by atoms with Gasteiger partial charge in [-0.25, -0.2) is 0 Å². The standard InChI is InChI=1S/C24H46O7/c1-23(2,3)30-19-21(25)11-7-9-13-27-15-17-29-18-16-28-14-10-8-12-22(26)20-31-24(4,5)6/h7-20H2,1-6H3. The number of carbonyl (C=O) groups excluding carboxylic acids is 2. The highest BCUT2D eigenvalue weighted by atomic mass is 16.5. The molecule has 0 heterocycles. The van der Waals surface area contributed by atoms with Gasteiger partial charge in [-0.3, -0.25) is 9.59 Å². The fourth-order valence-corrected chi connectivity index (χ4v) is 2.33. The number of unbranched alkanes of at least 4 members (excludes halogenated alkanes) is 2. The Bertz CT molecular complexity index is 422. The largest absolute Gasteiger partial charge is 0.379 e. The van der Waals surface area contributed by atoms with Gasteiger partial charge >= 0.3 is 0 Å². The summed E-state index contributed by atoms with van der Waals surface area (Å²) in [7, 11) is 0. The summed E-state index contributed by atoms with van der Waals surface area (Å²) in [6, 6.07) is 0. The zero-order valence-electron chi connectivity index (χ0n) is 20.8. The number of rotatable bonds is 20. The number of carbonyl (C=O) groups is 2. The predicted octanol–water partition coefficient (Wildman–Crippen LogP) is 4.15. The summed E-state index contributed by atoms with van der Waals surface area (Å²) in [5.74, 6) is 0.277. The molecule has 0 aromatic carbocycles. The second-order valence-corrected chi connectivity index (χ2v) is 9.63. The Hall–Kier alpha value is -0.860. The van der Waals surface area contributed by atoms with Crippen molar-refractivity contribution in [2.75, 3.05) is 52.9 Å². The highest BCUT2D eigenvalue weighted by molar-refractivity contribution is 5.79. The van der Waals surface area contributed by atoms with Crippen molar-refractivity contribution in [3.05, 3.63) is 0 Å². The van der Waals surface area contributed by atoms with Crippen LogP contribution in [-0.4, -0.2) is 75.6 Å². The van der Waals surface area contributed by atoms with Crippen LogP contribution in [0.5, 0.6) is 0 Å². The summed E-state index contributed by atoms with van der Waals surface area (Å²) in [5.41, 5.74) is -0.544. The topological polar surface area (TPSA) is 80.3 Å². The van der Waals surface area contributed by atoms with Crippen molar-refractivity contribution in [1.29, 1.82) is 0 Å². The molecule has 0 spiro atoms. The molecule has 0 bridgehead atoms. The third-order valence-electron chi connectivity index (χ3n) is 4.06. The zero-order valence-corrected chi connectivity index (χ0v) is 20.8. The molecule has 7 heteroatoms. The van der Waals surface area contributed by atoms with Gasteiger partial charge in [0.15, 0.2) is 11.6 Å². The Kier molecular flexibility index (Phi) is 17.2. The first-order chi connectivity index (χ1) is 14.5. The smallest absolute Gasteiger partial charge is 0.158 e. The molecule has 0 saturated carbocycles. The third kappa shape index (κ3) is 25.3. The number of hydrogen-bond acceptors (Lipinski definition) is 7. The predicted molar refractivity (Wildman–Crippen MR) is 122 cm³/mol. The summed E-state index contributed by atoms with van der Waals surface area (Å²) in [4.78, 5) is 23.4. The molecule has 0 amide bonds. The van der Waals surface area contributed by atoms with Gasteiger partial charge in [0.25, 0.3) is 0 Å². The maximum absolute atomic E-state index is 11.7. The fraction of sp³-hybridized carbons (Fsp3) is 0.917. The van der Waals surface area contributed by atoms with Gasteiger partial charge in [0, 0.05) is 26.1 Å². The molecule has 0 radical (unpaired) electrons. The minimum absolute atomic E-state index is 0.138. The average molecular weight is 447 g/mol. The highest BCUT2D eigenvalue weighted by Crippen LogP contribution is 2.08. The van der Waals surface area contributed by atoms with Gasteiger partial charge in [-0.1, -0.05) is 0 Å². The maximum Gasteiger partial charge on any atom is 0.158 e. The van der Waals surface area contributed by atoms with Crippen molar-refractivity contribution in [2.24, 2.45) is 0 Å². The van der Waals surface area contributed by atoms with Crippen molar-refractivity contribution in [2.45, 2.75) is 91.3 Å². The normalized spacial score (nSPS) is 12.3. The molecule has 0 fully saturated rings. The second-order valence-electron chi connectivity index (χ2n) is 9.63. The van der Waals surface area contributed by atoms with Crippen molar-refractivity contribution >= 4 is 11.6 Å². The summed E-state index contributed by atoms with van der Waals surface area (Å²) >= 11 is 0. The van der Waals surface area contributed by atoms with Crippen LogP contribution in [0.4, 0.5) is 0 Å². The van der Waals surface area contributed by atoms with Crippen LogP contribution in [0.2, 0.25) is 0 Å². The minimum atomic E-state index is -0.272. The molecule has 0 rings (SSSR count). The molecular formula is C24H46O7. The number of ketones is 2. The first kappa shape index (κ1) is 30.1. The van der Waals surface area contributed by atoms with Gasteiger partial charge < -0.3 is 23.7 Å². The first-order valence-electron chi connectivity index (χ1n) is 11.5. The molecule has 0 N–H and O–H groups in total. The van der Waals surface area contributed by atoms with E-state index < -0.39 is 0 Å². The molecule has 0 aliphatic rings. The monoisotopic (exact) mass is 446 g/mol. The van der Waals surface area contributed by atoms with Crippen molar-refractivity contribution in [3.8, 4) is 0 Å². The Morgan fingerprint density at radius 1 is 0.516 bits per heavy atom. The van der Waals surface area contributed by atoms with Crippen LogP contribution >= 0.6 is 0 Å². The van der Waals surface area contributed by atoms with Gasteiger partial charge in [0.1, 0.15) is 13.2 Å². The van der Waals surface area contributed by atoms with E-state index in [0.29, 0.717) is 52.5 Å². The fourth-order valence-electron chi connectivity index (χ4n) is 2.33. The Balaban J connectivity index is 3.27. The highest BCUT2D eigenvalue weighted by Gasteiger charge is 2.13. The SMILES string of the molecule is CC(C)(C)OCC(=O)CCCCOCCOCCOCCCCC(=O)COC(C)(C)C. The first-order valence-corrected chi connectivity index (χ1v) is 11.5. The Labute approximate surface area is 189 Å². The number of Topliss-reactive ketones (excluding diaryl/α,β-unsaturated/α-hetero) is 2. The minimum Gasteiger partial charge on any atom is -0.379 e. The van der Waals surface area contributed by atoms with Crippen LogP contribution < -0.4 is 0 Å². The van der Waals surface area contributed by atoms with Crippen LogP contribution in [0.3, 0.4) is 0 Å². The molecule has 184 valence electrons. The van der Waals surface area contributed by atoms with E-state index in [0.717, 1.165) is 25.7 Å². The number of hydrogen-bond donors (Lipinski definition) is 0. The lowest BCUT2D eigenvalue weighted by molar-refractivity contribution is -0.129. The van der Waals surface area contributed by atoms with Gasteiger partial charge in [-0.2, -0.15) is 0 Å². The summed E-state index contributed by atoms with van der Waals surface area (Å²) < 4.78 is 27.4. The molecule has 0 aliphatic carbocycles. The molecule has 0 aromatic heterocycles. The zero-order chi connectivity index (χ0) is 23.6. The van der Waals surface area contributed by atoms with E-state index in [-0.39, 0.29) is 36.0 Å². The van der Waals surface area contributed by atoms with Gasteiger partial charge in [-0.05, 0) is 67.2 Å². The lowest BCUT2D eigenvalue weighted by Gasteiger charge is -2.18. The van der Waals surface area contributed by atoms with Crippen LogP contribution in [0.25, 0.3) is 0 Å². The van der Waals surface area contributed by atoms with Crippen LogP contribution in [0.1, 0.15) is 80.1 Å². The third-order valence-corrected chi connectivity index (χ3v) is 4.06. The lowest BCUT2D eigenvalue weighted by Crippen LogP contribution is -2.23. The molecule has 0 aliphatic heterocycles. The van der Waals surface area contributed by atoms with Crippen LogP contribution in [0.15, 0.2) is 0 Å². The lowest BCUT2D eigenvalue weighted by atomic mass is 10.1. The van der Waals surface area contributed by atoms with Crippen molar-refractivity contribution < 1.29 is 33.3 Å².